The van der Waals surface area contributed by atoms with Crippen molar-refractivity contribution in [2.45, 2.75) is 34.1 Å². The first-order valence-electron chi connectivity index (χ1n) is 8.42. The van der Waals surface area contributed by atoms with Crippen molar-refractivity contribution < 1.29 is 5.11 Å². The van der Waals surface area contributed by atoms with Crippen LogP contribution in [-0.4, -0.2) is 9.67 Å². The molecule has 0 bridgehead atoms. The Hall–Kier alpha value is -1.91. The summed E-state index contributed by atoms with van der Waals surface area (Å²) in [5, 5.41) is 12.7. The highest BCUT2D eigenvalue weighted by Crippen LogP contribution is 2.34. The van der Waals surface area contributed by atoms with E-state index in [4.69, 9.17) is 17.3 Å². The third kappa shape index (κ3) is 3.49. The molecule has 0 atom stereocenters. The maximum Gasteiger partial charge on any atom is 0.131 e. The quantitative estimate of drug-likeness (QED) is 0.711. The number of nitrogens with two attached hydrogens (primary N) is 1. The summed E-state index contributed by atoms with van der Waals surface area (Å²) >= 11 is 9.82. The molecule has 0 unspecified atom stereocenters. The molecule has 1 aromatic heterocycles. The number of rotatable bonds is 4. The number of hydrogen-bond donors (Lipinski definition) is 2. The van der Waals surface area contributed by atoms with E-state index < -0.39 is 0 Å². The number of nitrogen functional groups attached to an aromatic ring is 1. The Morgan fingerprint density at radius 2 is 2.08 bits per heavy atom. The van der Waals surface area contributed by atoms with E-state index in [0.29, 0.717) is 15.3 Å². The van der Waals surface area contributed by atoms with Crippen molar-refractivity contribution in [3.05, 3.63) is 56.0 Å². The van der Waals surface area contributed by atoms with E-state index in [0.717, 1.165) is 39.4 Å². The highest BCUT2D eigenvalue weighted by atomic mass is 79.9. The van der Waals surface area contributed by atoms with Crippen molar-refractivity contribution in [3.8, 4) is 11.4 Å². The largest absolute Gasteiger partial charge is 0.507 e. The van der Waals surface area contributed by atoms with Gasteiger partial charge in [0.2, 0.25) is 0 Å². The molecular weight excluding hydrogens is 412 g/mol. The van der Waals surface area contributed by atoms with Gasteiger partial charge in [0.25, 0.3) is 0 Å². The van der Waals surface area contributed by atoms with Crippen LogP contribution < -0.4 is 16.3 Å². The zero-order valence-corrected chi connectivity index (χ0v) is 17.9. The predicted molar refractivity (Wildman–Crippen MR) is 117 cm³/mol. The van der Waals surface area contributed by atoms with Crippen LogP contribution >= 0.6 is 27.5 Å². The van der Waals surface area contributed by atoms with E-state index in [9.17, 15) is 5.11 Å². The fourth-order valence-electron chi connectivity index (χ4n) is 2.95. The van der Waals surface area contributed by atoms with Crippen LogP contribution in [0.25, 0.3) is 23.4 Å². The Labute approximate surface area is 167 Å². The minimum Gasteiger partial charge on any atom is -0.507 e. The van der Waals surface area contributed by atoms with Crippen molar-refractivity contribution >= 4 is 51.1 Å². The summed E-state index contributed by atoms with van der Waals surface area (Å²) in [4.78, 5) is 0. The first-order chi connectivity index (χ1) is 12.3. The van der Waals surface area contributed by atoms with Crippen LogP contribution in [0.5, 0.6) is 5.75 Å². The topological polar surface area (TPSA) is 51.2 Å². The number of allylic oxidation sites excluding steroid dienone is 2. The zero-order valence-electron chi connectivity index (χ0n) is 15.5. The molecule has 0 amide bonds. The minimum atomic E-state index is 0.163. The van der Waals surface area contributed by atoms with Crippen LogP contribution in [0.1, 0.15) is 38.3 Å². The van der Waals surface area contributed by atoms with Crippen molar-refractivity contribution in [1.29, 1.82) is 0 Å². The van der Waals surface area contributed by atoms with E-state index in [-0.39, 0.29) is 5.75 Å². The van der Waals surface area contributed by atoms with Gasteiger partial charge in [0.15, 0.2) is 0 Å². The molecule has 0 aliphatic rings. The number of halogens is 2. The number of hydrogen-bond acceptors (Lipinski definition) is 2. The molecule has 0 aliphatic carbocycles. The van der Waals surface area contributed by atoms with Gasteiger partial charge in [-0.15, -0.1) is 0 Å². The molecule has 1 aromatic carbocycles. The van der Waals surface area contributed by atoms with E-state index >= 15 is 0 Å². The number of nitrogens with zero attached hydrogens (tertiary/aromatic N) is 1. The second-order valence-corrected chi connectivity index (χ2v) is 7.35. The van der Waals surface area contributed by atoms with E-state index in [1.165, 1.54) is 0 Å². The van der Waals surface area contributed by atoms with Crippen LogP contribution in [0.15, 0.2) is 34.3 Å². The Balaban J connectivity index is 3.20. The van der Waals surface area contributed by atoms with Gasteiger partial charge in [-0.1, -0.05) is 43.3 Å². The van der Waals surface area contributed by atoms with Crippen molar-refractivity contribution in [2.75, 3.05) is 5.73 Å². The summed E-state index contributed by atoms with van der Waals surface area (Å²) in [7, 11) is 0. The fraction of sp³-hybridized carbons (Fsp3) is 0.238. The molecule has 1 heterocycles. The number of aryl methyl sites for hydroxylation is 1. The lowest BCUT2D eigenvalue weighted by Crippen LogP contribution is -2.32. The lowest BCUT2D eigenvalue weighted by Gasteiger charge is -2.15. The van der Waals surface area contributed by atoms with E-state index in [1.54, 1.807) is 12.1 Å². The van der Waals surface area contributed by atoms with Crippen molar-refractivity contribution in [1.82, 2.24) is 4.57 Å². The molecule has 0 fully saturated rings. The third-order valence-electron chi connectivity index (χ3n) is 4.50. The SMILES string of the molecule is C=Cc1c(N)n(-c2c(C)ccc(O)c2Br)c(=C(C)CC)/c1=C\C(Cl)=C/C. The molecule has 5 heteroatoms. The van der Waals surface area contributed by atoms with Crippen LogP contribution in [0.2, 0.25) is 0 Å². The Morgan fingerprint density at radius 3 is 2.62 bits per heavy atom. The number of aromatic hydroxyl groups is 1. The second kappa shape index (κ2) is 8.19. The maximum absolute atomic E-state index is 10.2. The van der Waals surface area contributed by atoms with Crippen LogP contribution in [0.4, 0.5) is 5.82 Å². The Kier molecular flexibility index (Phi) is 6.43. The van der Waals surface area contributed by atoms with Gasteiger partial charge in [0, 0.05) is 15.8 Å². The van der Waals surface area contributed by atoms with Crippen molar-refractivity contribution in [3.63, 3.8) is 0 Å². The fourth-order valence-corrected chi connectivity index (χ4v) is 3.69. The van der Waals surface area contributed by atoms with Gasteiger partial charge in [-0.05, 0) is 66.4 Å². The number of benzene rings is 1. The molecule has 0 aliphatic heterocycles. The van der Waals surface area contributed by atoms with Crippen LogP contribution in [0, 0.1) is 6.92 Å². The summed E-state index contributed by atoms with van der Waals surface area (Å²) in [5.74, 6) is 0.722. The summed E-state index contributed by atoms with van der Waals surface area (Å²) in [6.07, 6.45) is 6.34. The molecule has 138 valence electrons. The van der Waals surface area contributed by atoms with Gasteiger partial charge in [0.1, 0.15) is 11.6 Å². The van der Waals surface area contributed by atoms with Gasteiger partial charge in [-0.2, -0.15) is 0 Å². The van der Waals surface area contributed by atoms with Gasteiger partial charge >= 0.3 is 0 Å². The van der Waals surface area contributed by atoms with Crippen molar-refractivity contribution in [2.24, 2.45) is 0 Å². The standard InChI is InChI=1S/C21H24BrClN2O/c1-6-12(4)19-16(11-14(23)7-2)15(8-3)21(24)25(19)20-13(5)9-10-17(26)18(20)22/h7-11,26H,3,6,24H2,1-2,4-5H3/b14-7+,16-11-,19-12?. The Morgan fingerprint density at radius 1 is 1.42 bits per heavy atom. The Bertz CT molecular complexity index is 1020. The summed E-state index contributed by atoms with van der Waals surface area (Å²) in [6, 6.07) is 3.53. The van der Waals surface area contributed by atoms with Crippen LogP contribution in [0.3, 0.4) is 0 Å². The van der Waals surface area contributed by atoms with Gasteiger partial charge in [0.05, 0.1) is 15.5 Å². The summed E-state index contributed by atoms with van der Waals surface area (Å²) < 4.78 is 2.57. The molecule has 0 radical (unpaired) electrons. The smallest absolute Gasteiger partial charge is 0.131 e. The maximum atomic E-state index is 10.2. The number of phenolic OH excluding ortho intramolecular Hbond substituents is 1. The number of anilines is 1. The molecule has 0 saturated heterocycles. The molecule has 26 heavy (non-hydrogen) atoms. The van der Waals surface area contributed by atoms with Gasteiger partial charge < -0.3 is 10.8 Å². The van der Waals surface area contributed by atoms with Crippen LogP contribution in [-0.2, 0) is 0 Å². The number of phenols is 1. The third-order valence-corrected chi connectivity index (χ3v) is 5.61. The molecule has 2 rings (SSSR count). The highest BCUT2D eigenvalue weighted by molar-refractivity contribution is 9.10. The first-order valence-corrected chi connectivity index (χ1v) is 9.59. The molecule has 2 aromatic rings. The summed E-state index contributed by atoms with van der Waals surface area (Å²) in [6.45, 7) is 12.0. The molecular formula is C21H24BrClN2O. The average molecular weight is 436 g/mol. The first kappa shape index (κ1) is 20.4. The van der Waals surface area contributed by atoms with Gasteiger partial charge in [-0.25, -0.2) is 0 Å². The van der Waals surface area contributed by atoms with E-state index in [2.05, 4.69) is 36.4 Å². The average Bonchev–Trinajstić information content (AvgIpc) is 2.89. The molecule has 3 nitrogen and oxygen atoms in total. The monoisotopic (exact) mass is 434 g/mol. The molecule has 3 N–H and O–H groups in total. The lowest BCUT2D eigenvalue weighted by atomic mass is 10.1. The second-order valence-electron chi connectivity index (χ2n) is 6.12. The minimum absolute atomic E-state index is 0.163. The lowest BCUT2D eigenvalue weighted by molar-refractivity contribution is 0.471. The normalized spacial score (nSPS) is 13.9. The van der Waals surface area contributed by atoms with E-state index in [1.807, 2.05) is 36.6 Å². The molecule has 0 spiro atoms. The van der Waals surface area contributed by atoms with Gasteiger partial charge in [-0.3, -0.25) is 4.57 Å². The predicted octanol–water partition coefficient (Wildman–Crippen LogP) is 4.98. The highest BCUT2D eigenvalue weighted by Gasteiger charge is 2.18. The zero-order chi connectivity index (χ0) is 19.6. The molecule has 0 saturated carbocycles. The number of aromatic nitrogens is 1. The summed E-state index contributed by atoms with van der Waals surface area (Å²) in [5.41, 5.74) is 10.3.